The van der Waals surface area contributed by atoms with Crippen LogP contribution in [0.3, 0.4) is 0 Å². The number of benzene rings is 1. The number of likely N-dealkylation sites (tertiary alicyclic amines) is 1. The summed E-state index contributed by atoms with van der Waals surface area (Å²) in [5.41, 5.74) is 6.73. The predicted molar refractivity (Wildman–Crippen MR) is 98.9 cm³/mol. The Morgan fingerprint density at radius 2 is 2.04 bits per heavy atom. The van der Waals surface area contributed by atoms with E-state index < -0.39 is 0 Å². The minimum Gasteiger partial charge on any atom is -0.441 e. The molecule has 2 aromatic rings. The zero-order chi connectivity index (χ0) is 15.5. The van der Waals surface area contributed by atoms with Gasteiger partial charge in [-0.3, -0.25) is 4.79 Å². The van der Waals surface area contributed by atoms with Crippen LogP contribution in [0.5, 0.6) is 0 Å². The highest BCUT2D eigenvalue weighted by atomic mass is 35.5. The molecule has 1 aromatic carbocycles. The van der Waals surface area contributed by atoms with E-state index in [4.69, 9.17) is 21.8 Å². The minimum absolute atomic E-state index is 0. The Morgan fingerprint density at radius 3 is 2.67 bits per heavy atom. The van der Waals surface area contributed by atoms with Crippen LogP contribution >= 0.6 is 36.4 Å². The highest BCUT2D eigenvalue weighted by molar-refractivity contribution is 6.30. The van der Waals surface area contributed by atoms with Gasteiger partial charge in [-0.25, -0.2) is 4.98 Å². The molecule has 1 aromatic heterocycles. The molecule has 0 bridgehead atoms. The second-order valence-electron chi connectivity index (χ2n) is 5.51. The van der Waals surface area contributed by atoms with Crippen LogP contribution in [-0.2, 0) is 11.2 Å². The molecule has 5 nitrogen and oxygen atoms in total. The topological polar surface area (TPSA) is 72.4 Å². The summed E-state index contributed by atoms with van der Waals surface area (Å²) in [6.45, 7) is 1.40. The first-order chi connectivity index (χ1) is 10.6. The summed E-state index contributed by atoms with van der Waals surface area (Å²) in [6, 6.07) is 7.48. The average Bonchev–Trinajstić information content (AvgIpc) is 3.15. The Kier molecular flexibility index (Phi) is 8.03. The molecular weight excluding hydrogens is 373 g/mol. The second-order valence-corrected chi connectivity index (χ2v) is 5.95. The number of halogens is 3. The fraction of sp³-hybridized carbons (Fsp3) is 0.375. The van der Waals surface area contributed by atoms with Gasteiger partial charge >= 0.3 is 0 Å². The van der Waals surface area contributed by atoms with E-state index in [-0.39, 0.29) is 36.8 Å². The van der Waals surface area contributed by atoms with Crippen LogP contribution in [-0.4, -0.2) is 34.9 Å². The van der Waals surface area contributed by atoms with E-state index in [9.17, 15) is 4.79 Å². The molecule has 132 valence electrons. The van der Waals surface area contributed by atoms with Crippen molar-refractivity contribution in [1.29, 1.82) is 0 Å². The number of nitrogens with zero attached hydrogens (tertiary/aromatic N) is 2. The third kappa shape index (κ3) is 5.11. The van der Waals surface area contributed by atoms with E-state index in [2.05, 4.69) is 4.98 Å². The van der Waals surface area contributed by atoms with E-state index in [1.165, 1.54) is 0 Å². The fourth-order valence-corrected chi connectivity index (χ4v) is 2.69. The van der Waals surface area contributed by atoms with Gasteiger partial charge < -0.3 is 15.1 Å². The molecule has 1 saturated heterocycles. The summed E-state index contributed by atoms with van der Waals surface area (Å²) in [6.07, 6.45) is 3.45. The zero-order valence-corrected chi connectivity index (χ0v) is 15.4. The van der Waals surface area contributed by atoms with E-state index in [0.717, 1.165) is 18.5 Å². The highest BCUT2D eigenvalue weighted by Crippen LogP contribution is 2.23. The Bertz CT molecular complexity index is 661. The Balaban J connectivity index is 0.00000144. The lowest BCUT2D eigenvalue weighted by Crippen LogP contribution is -2.31. The SMILES string of the molecule is Cl.Cl.N[C@@H]1CCN(C(=O)CCc2ncc(-c3ccc(Cl)cc3)o2)C1. The molecule has 0 aliphatic carbocycles. The monoisotopic (exact) mass is 391 g/mol. The largest absolute Gasteiger partial charge is 0.441 e. The van der Waals surface area contributed by atoms with Crippen LogP contribution in [0.2, 0.25) is 5.02 Å². The fourth-order valence-electron chi connectivity index (χ4n) is 2.56. The van der Waals surface area contributed by atoms with Gasteiger partial charge in [0.1, 0.15) is 0 Å². The number of hydrogen-bond acceptors (Lipinski definition) is 4. The third-order valence-corrected chi connectivity index (χ3v) is 4.06. The van der Waals surface area contributed by atoms with Crippen LogP contribution in [0.1, 0.15) is 18.7 Å². The highest BCUT2D eigenvalue weighted by Gasteiger charge is 2.23. The minimum atomic E-state index is 0. The van der Waals surface area contributed by atoms with Crippen LogP contribution in [0.4, 0.5) is 0 Å². The quantitative estimate of drug-likeness (QED) is 0.866. The third-order valence-electron chi connectivity index (χ3n) is 3.81. The summed E-state index contributed by atoms with van der Waals surface area (Å²) >= 11 is 5.86. The van der Waals surface area contributed by atoms with Gasteiger partial charge in [-0.2, -0.15) is 0 Å². The van der Waals surface area contributed by atoms with E-state index >= 15 is 0 Å². The molecule has 0 radical (unpaired) electrons. The van der Waals surface area contributed by atoms with Crippen LogP contribution in [0, 0.1) is 0 Å². The number of oxazole rings is 1. The van der Waals surface area contributed by atoms with Crippen molar-refractivity contribution in [1.82, 2.24) is 9.88 Å². The normalized spacial score (nSPS) is 16.4. The summed E-state index contributed by atoms with van der Waals surface area (Å²) in [5.74, 6) is 1.36. The molecule has 0 spiro atoms. The number of hydrogen-bond donors (Lipinski definition) is 1. The Hall–Kier alpha value is -1.27. The van der Waals surface area contributed by atoms with Gasteiger partial charge in [-0.1, -0.05) is 11.6 Å². The molecule has 1 amide bonds. The van der Waals surface area contributed by atoms with Crippen molar-refractivity contribution < 1.29 is 9.21 Å². The van der Waals surface area contributed by atoms with Crippen molar-refractivity contribution in [3.05, 3.63) is 41.4 Å². The van der Waals surface area contributed by atoms with Crippen LogP contribution < -0.4 is 5.73 Å². The molecule has 1 aliphatic rings. The van der Waals surface area contributed by atoms with Gasteiger partial charge in [-0.15, -0.1) is 24.8 Å². The molecule has 24 heavy (non-hydrogen) atoms. The number of nitrogens with two attached hydrogens (primary N) is 1. The molecule has 2 heterocycles. The number of aromatic nitrogens is 1. The second kappa shape index (κ2) is 9.28. The molecule has 2 N–H and O–H groups in total. The summed E-state index contributed by atoms with van der Waals surface area (Å²) in [5, 5.41) is 0.679. The van der Waals surface area contributed by atoms with Crippen LogP contribution in [0.25, 0.3) is 11.3 Å². The first kappa shape index (κ1) is 20.8. The van der Waals surface area contributed by atoms with Gasteiger partial charge in [0.2, 0.25) is 5.91 Å². The summed E-state index contributed by atoms with van der Waals surface area (Å²) < 4.78 is 5.69. The maximum atomic E-state index is 12.1. The number of carbonyl (C=O) groups is 1. The van der Waals surface area contributed by atoms with E-state index in [1.54, 1.807) is 18.3 Å². The molecule has 0 unspecified atom stereocenters. The molecule has 0 saturated carbocycles. The van der Waals surface area contributed by atoms with Crippen molar-refractivity contribution in [2.24, 2.45) is 5.73 Å². The van der Waals surface area contributed by atoms with Gasteiger partial charge in [-0.05, 0) is 30.7 Å². The zero-order valence-electron chi connectivity index (χ0n) is 13.0. The maximum Gasteiger partial charge on any atom is 0.223 e. The lowest BCUT2D eigenvalue weighted by Gasteiger charge is -2.14. The van der Waals surface area contributed by atoms with Crippen molar-refractivity contribution in [2.45, 2.75) is 25.3 Å². The molecule has 8 heteroatoms. The predicted octanol–water partition coefficient (Wildman–Crippen LogP) is 3.33. The average molecular weight is 393 g/mol. The molecule has 1 atom stereocenters. The van der Waals surface area contributed by atoms with Crippen LogP contribution in [0.15, 0.2) is 34.9 Å². The van der Waals surface area contributed by atoms with E-state index in [0.29, 0.717) is 36.1 Å². The number of rotatable bonds is 4. The summed E-state index contributed by atoms with van der Waals surface area (Å²) in [4.78, 5) is 18.1. The van der Waals surface area contributed by atoms with Crippen molar-refractivity contribution >= 4 is 42.3 Å². The van der Waals surface area contributed by atoms with Gasteiger partial charge in [0, 0.05) is 42.6 Å². The van der Waals surface area contributed by atoms with Gasteiger partial charge in [0.25, 0.3) is 0 Å². The first-order valence-corrected chi connectivity index (χ1v) is 7.73. The molecule has 1 aliphatic heterocycles. The molecular formula is C16H20Cl3N3O2. The number of carbonyl (C=O) groups excluding carboxylic acids is 1. The summed E-state index contributed by atoms with van der Waals surface area (Å²) in [7, 11) is 0. The van der Waals surface area contributed by atoms with Gasteiger partial charge in [0.05, 0.1) is 6.20 Å². The maximum absolute atomic E-state index is 12.1. The smallest absolute Gasteiger partial charge is 0.223 e. The van der Waals surface area contributed by atoms with Crippen molar-refractivity contribution in [2.75, 3.05) is 13.1 Å². The van der Waals surface area contributed by atoms with Gasteiger partial charge in [0.15, 0.2) is 11.7 Å². The molecule has 1 fully saturated rings. The van der Waals surface area contributed by atoms with E-state index in [1.807, 2.05) is 17.0 Å². The molecule has 3 rings (SSSR count). The number of amides is 1. The van der Waals surface area contributed by atoms with Crippen molar-refractivity contribution in [3.63, 3.8) is 0 Å². The Labute approximate surface area is 158 Å². The van der Waals surface area contributed by atoms with Crippen molar-refractivity contribution in [3.8, 4) is 11.3 Å². The lowest BCUT2D eigenvalue weighted by atomic mass is 10.2. The number of aryl methyl sites for hydroxylation is 1. The standard InChI is InChI=1S/C16H18ClN3O2.2ClH/c17-12-3-1-11(2-4-12)14-9-19-15(22-14)5-6-16(21)20-8-7-13(18)10-20;;/h1-4,9,13H,5-8,10,18H2;2*1H/t13-;;/m1../s1. The lowest BCUT2D eigenvalue weighted by molar-refractivity contribution is -0.130. The first-order valence-electron chi connectivity index (χ1n) is 7.36. The Morgan fingerprint density at radius 1 is 1.33 bits per heavy atom.